The first-order valence-corrected chi connectivity index (χ1v) is 9.77. The van der Waals surface area contributed by atoms with Crippen LogP contribution in [0.25, 0.3) is 5.82 Å². The lowest BCUT2D eigenvalue weighted by molar-refractivity contribution is -0.137. The minimum Gasteiger partial charge on any atom is -0.363 e. The third-order valence-corrected chi connectivity index (χ3v) is 4.70. The summed E-state index contributed by atoms with van der Waals surface area (Å²) in [4.78, 5) is 40.9. The molecule has 0 bridgehead atoms. The number of nitrogens with zero attached hydrogens (tertiary/aromatic N) is 3. The Balaban J connectivity index is 1.97. The van der Waals surface area contributed by atoms with E-state index in [2.05, 4.69) is 15.4 Å². The number of hydrogen-bond acceptors (Lipinski definition) is 5. The Hall–Kier alpha value is -4.02. The molecule has 2 amide bonds. The average Bonchev–Trinajstić information content (AvgIpc) is 3.14. The van der Waals surface area contributed by atoms with Crippen LogP contribution in [0.3, 0.4) is 0 Å². The summed E-state index contributed by atoms with van der Waals surface area (Å²) in [6.07, 6.45) is -4.63. The van der Waals surface area contributed by atoms with Crippen LogP contribution in [0.15, 0.2) is 48.5 Å². The monoisotopic (exact) mass is 459 g/mol. The molecule has 0 aliphatic rings. The molecule has 0 saturated carbocycles. The van der Waals surface area contributed by atoms with Crippen LogP contribution in [0.4, 0.5) is 13.2 Å². The van der Waals surface area contributed by atoms with Gasteiger partial charge in [-0.15, -0.1) is 0 Å². The first-order valence-electron chi connectivity index (χ1n) is 9.77. The van der Waals surface area contributed by atoms with Crippen molar-refractivity contribution >= 4 is 17.6 Å². The lowest BCUT2D eigenvalue weighted by atomic mass is 10.0. The number of rotatable bonds is 7. The van der Waals surface area contributed by atoms with Crippen molar-refractivity contribution in [2.24, 2.45) is 5.73 Å². The van der Waals surface area contributed by atoms with Gasteiger partial charge in [-0.3, -0.25) is 14.4 Å². The van der Waals surface area contributed by atoms with Crippen molar-refractivity contribution < 1.29 is 27.6 Å². The van der Waals surface area contributed by atoms with E-state index in [1.54, 1.807) is 37.3 Å². The number of halogens is 3. The number of pyridine rings is 1. The Bertz CT molecular complexity index is 1210. The number of aromatic nitrogens is 3. The van der Waals surface area contributed by atoms with Gasteiger partial charge in [0.15, 0.2) is 5.82 Å². The van der Waals surface area contributed by atoms with Crippen molar-refractivity contribution in [1.29, 1.82) is 0 Å². The van der Waals surface area contributed by atoms with Crippen molar-refractivity contribution in [3.05, 3.63) is 76.7 Å². The van der Waals surface area contributed by atoms with Gasteiger partial charge in [-0.1, -0.05) is 30.3 Å². The molecule has 33 heavy (non-hydrogen) atoms. The minimum atomic E-state index is -4.62. The first kappa shape index (κ1) is 23.6. The summed E-state index contributed by atoms with van der Waals surface area (Å²) >= 11 is 0. The number of aryl methyl sites for hydroxylation is 2. The Labute approximate surface area is 186 Å². The van der Waals surface area contributed by atoms with Gasteiger partial charge in [-0.05, 0) is 37.6 Å². The molecular formula is C22H20F3N5O3. The number of amides is 2. The molecule has 0 aliphatic heterocycles. The van der Waals surface area contributed by atoms with E-state index < -0.39 is 35.4 Å². The molecule has 2 heterocycles. The second kappa shape index (κ2) is 9.23. The Morgan fingerprint density at radius 1 is 1.06 bits per heavy atom. The van der Waals surface area contributed by atoms with Gasteiger partial charge in [-0.25, -0.2) is 9.67 Å². The average molecular weight is 459 g/mol. The van der Waals surface area contributed by atoms with Crippen LogP contribution in [0.5, 0.6) is 0 Å². The normalized spacial score (nSPS) is 12.3. The maximum Gasteiger partial charge on any atom is 0.416 e. The number of hydrogen-bond donors (Lipinski definition) is 2. The zero-order chi connectivity index (χ0) is 24.3. The fourth-order valence-electron chi connectivity index (χ4n) is 3.22. The molecule has 2 aromatic heterocycles. The van der Waals surface area contributed by atoms with Gasteiger partial charge in [0.2, 0.25) is 5.78 Å². The molecule has 0 aliphatic carbocycles. The van der Waals surface area contributed by atoms with E-state index in [4.69, 9.17) is 5.73 Å². The number of alkyl halides is 3. The summed E-state index contributed by atoms with van der Waals surface area (Å²) in [6, 6.07) is 10.3. The summed E-state index contributed by atoms with van der Waals surface area (Å²) in [5, 5.41) is 6.53. The number of carbonyl (C=O) groups excluding carboxylic acids is 3. The molecule has 8 nitrogen and oxygen atoms in total. The summed E-state index contributed by atoms with van der Waals surface area (Å²) in [6.45, 7) is 2.93. The first-order chi connectivity index (χ1) is 15.5. The molecule has 0 fully saturated rings. The smallest absolute Gasteiger partial charge is 0.363 e. The zero-order valence-corrected chi connectivity index (χ0v) is 17.7. The Morgan fingerprint density at radius 2 is 1.73 bits per heavy atom. The lowest BCUT2D eigenvalue weighted by Crippen LogP contribution is -2.47. The van der Waals surface area contributed by atoms with Crippen LogP contribution in [-0.4, -0.2) is 38.4 Å². The third-order valence-electron chi connectivity index (χ3n) is 4.70. The Morgan fingerprint density at radius 3 is 2.33 bits per heavy atom. The second-order valence-electron chi connectivity index (χ2n) is 7.38. The molecule has 3 aromatic rings. The van der Waals surface area contributed by atoms with Gasteiger partial charge in [-0.2, -0.15) is 18.3 Å². The predicted octanol–water partition coefficient (Wildman–Crippen LogP) is 2.30. The van der Waals surface area contributed by atoms with E-state index in [-0.39, 0.29) is 23.6 Å². The van der Waals surface area contributed by atoms with E-state index in [0.717, 1.165) is 16.8 Å². The SMILES string of the molecule is Cc1cc(C(F)(F)F)cc(-n2nc(C)cc2C(=O)N[C@@H](Cc2ccccc2)C(=O)C(N)=O)n1. The highest BCUT2D eigenvalue weighted by atomic mass is 19.4. The van der Waals surface area contributed by atoms with E-state index in [0.29, 0.717) is 11.3 Å². The van der Waals surface area contributed by atoms with Crippen LogP contribution in [0.1, 0.15) is 33.0 Å². The van der Waals surface area contributed by atoms with Gasteiger partial charge in [0, 0.05) is 12.1 Å². The van der Waals surface area contributed by atoms with Crippen LogP contribution < -0.4 is 11.1 Å². The summed E-state index contributed by atoms with van der Waals surface area (Å²) in [5.41, 5.74) is 5.09. The van der Waals surface area contributed by atoms with Crippen molar-refractivity contribution in [3.8, 4) is 5.82 Å². The largest absolute Gasteiger partial charge is 0.416 e. The van der Waals surface area contributed by atoms with Crippen molar-refractivity contribution in [3.63, 3.8) is 0 Å². The van der Waals surface area contributed by atoms with E-state index in [1.807, 2.05) is 0 Å². The van der Waals surface area contributed by atoms with E-state index in [1.165, 1.54) is 13.0 Å². The van der Waals surface area contributed by atoms with Crippen LogP contribution in [0.2, 0.25) is 0 Å². The van der Waals surface area contributed by atoms with Gasteiger partial charge < -0.3 is 11.1 Å². The third kappa shape index (κ3) is 5.62. The van der Waals surface area contributed by atoms with Crippen molar-refractivity contribution in [2.45, 2.75) is 32.5 Å². The summed E-state index contributed by atoms with van der Waals surface area (Å²) in [5.74, 6) is -3.29. The molecule has 0 unspecified atom stereocenters. The highest BCUT2D eigenvalue weighted by Crippen LogP contribution is 2.30. The van der Waals surface area contributed by atoms with Crippen molar-refractivity contribution in [1.82, 2.24) is 20.1 Å². The van der Waals surface area contributed by atoms with E-state index >= 15 is 0 Å². The highest BCUT2D eigenvalue weighted by Gasteiger charge is 2.32. The number of primary amides is 1. The molecule has 1 aromatic carbocycles. The highest BCUT2D eigenvalue weighted by molar-refractivity contribution is 6.38. The minimum absolute atomic E-state index is 0.0115. The summed E-state index contributed by atoms with van der Waals surface area (Å²) < 4.78 is 40.7. The molecule has 172 valence electrons. The van der Waals surface area contributed by atoms with Crippen LogP contribution >= 0.6 is 0 Å². The predicted molar refractivity (Wildman–Crippen MR) is 111 cm³/mol. The number of benzene rings is 1. The number of nitrogens with two attached hydrogens (primary N) is 1. The molecule has 0 radical (unpaired) electrons. The van der Waals surface area contributed by atoms with Crippen LogP contribution in [-0.2, 0) is 22.2 Å². The summed E-state index contributed by atoms with van der Waals surface area (Å²) in [7, 11) is 0. The van der Waals surface area contributed by atoms with Crippen LogP contribution in [0, 0.1) is 13.8 Å². The topological polar surface area (TPSA) is 120 Å². The molecule has 3 N–H and O–H groups in total. The standard InChI is InChI=1S/C22H20F3N5O3/c1-12-8-15(22(23,24)25)11-18(27-12)30-17(9-13(2)29-30)21(33)28-16(19(31)20(26)32)10-14-6-4-3-5-7-14/h3-9,11,16H,10H2,1-2H3,(H2,26,32)(H,28,33)/t16-/m0/s1. The number of nitrogens with one attached hydrogen (secondary N) is 1. The van der Waals surface area contributed by atoms with Gasteiger partial charge in [0.05, 0.1) is 11.3 Å². The molecule has 0 saturated heterocycles. The van der Waals surface area contributed by atoms with Gasteiger partial charge >= 0.3 is 6.18 Å². The number of ketones is 1. The van der Waals surface area contributed by atoms with Gasteiger partial charge in [0.25, 0.3) is 11.8 Å². The zero-order valence-electron chi connectivity index (χ0n) is 17.7. The lowest BCUT2D eigenvalue weighted by Gasteiger charge is -2.17. The van der Waals surface area contributed by atoms with Crippen molar-refractivity contribution in [2.75, 3.05) is 0 Å². The maximum absolute atomic E-state index is 13.3. The van der Waals surface area contributed by atoms with Gasteiger partial charge in [0.1, 0.15) is 11.7 Å². The fraction of sp³-hybridized carbons (Fsp3) is 0.227. The number of carbonyl (C=O) groups is 3. The molecular weight excluding hydrogens is 439 g/mol. The Kier molecular flexibility index (Phi) is 6.61. The molecule has 0 spiro atoms. The maximum atomic E-state index is 13.3. The number of Topliss-reactive ketones (excluding diaryl/α,β-unsaturated/α-hetero) is 1. The molecule has 3 rings (SSSR count). The molecule has 1 atom stereocenters. The fourth-order valence-corrected chi connectivity index (χ4v) is 3.22. The second-order valence-corrected chi connectivity index (χ2v) is 7.38. The van der Waals surface area contributed by atoms with E-state index in [9.17, 15) is 27.6 Å². The molecule has 11 heteroatoms. The quantitative estimate of drug-likeness (QED) is 0.526.